The number of nitrogens with one attached hydrogen (secondary N) is 2. The Morgan fingerprint density at radius 1 is 1.38 bits per heavy atom. The molecule has 0 aromatic heterocycles. The van der Waals surface area contributed by atoms with E-state index in [0.717, 1.165) is 19.4 Å². The Kier molecular flexibility index (Phi) is 4.36. The first kappa shape index (κ1) is 13.5. The molecule has 0 radical (unpaired) electrons. The topological polar surface area (TPSA) is 41.1 Å². The normalized spacial score (nSPS) is 26.5. The predicted octanol–water partition coefficient (Wildman–Crippen LogP) is 1.93. The van der Waals surface area contributed by atoms with Crippen LogP contribution in [0.2, 0.25) is 0 Å². The molecule has 0 saturated carbocycles. The average molecular weight is 226 g/mol. The van der Waals surface area contributed by atoms with E-state index in [0.29, 0.717) is 5.92 Å². The second-order valence-electron chi connectivity index (χ2n) is 6.02. The van der Waals surface area contributed by atoms with Gasteiger partial charge in [-0.2, -0.15) is 0 Å². The Morgan fingerprint density at radius 2 is 2.00 bits per heavy atom. The molecule has 1 aliphatic rings. The summed E-state index contributed by atoms with van der Waals surface area (Å²) < 4.78 is 0. The van der Waals surface area contributed by atoms with Gasteiger partial charge in [-0.3, -0.25) is 4.79 Å². The lowest BCUT2D eigenvalue weighted by Crippen LogP contribution is -2.57. The van der Waals surface area contributed by atoms with Crippen molar-refractivity contribution in [2.75, 3.05) is 6.54 Å². The summed E-state index contributed by atoms with van der Waals surface area (Å²) in [5.41, 5.74) is 0.0685. The van der Waals surface area contributed by atoms with Gasteiger partial charge in [-0.25, -0.2) is 0 Å². The maximum absolute atomic E-state index is 12.2. The van der Waals surface area contributed by atoms with E-state index in [9.17, 15) is 4.79 Å². The van der Waals surface area contributed by atoms with Crippen LogP contribution in [-0.4, -0.2) is 24.5 Å². The van der Waals surface area contributed by atoms with Gasteiger partial charge in [-0.15, -0.1) is 0 Å². The van der Waals surface area contributed by atoms with Gasteiger partial charge in [0.05, 0.1) is 6.04 Å². The van der Waals surface area contributed by atoms with Crippen molar-refractivity contribution in [3.63, 3.8) is 0 Å². The van der Waals surface area contributed by atoms with Crippen molar-refractivity contribution in [3.05, 3.63) is 0 Å². The average Bonchev–Trinajstić information content (AvgIpc) is 2.16. The van der Waals surface area contributed by atoms with Gasteiger partial charge in [0.15, 0.2) is 0 Å². The largest absolute Gasteiger partial charge is 0.352 e. The lowest BCUT2D eigenvalue weighted by molar-refractivity contribution is -0.127. The van der Waals surface area contributed by atoms with Crippen molar-refractivity contribution < 1.29 is 4.79 Å². The van der Waals surface area contributed by atoms with Crippen molar-refractivity contribution in [1.29, 1.82) is 0 Å². The fourth-order valence-corrected chi connectivity index (χ4v) is 2.13. The van der Waals surface area contributed by atoms with Gasteiger partial charge in [0.25, 0.3) is 0 Å². The van der Waals surface area contributed by atoms with Crippen LogP contribution in [0, 0.1) is 11.3 Å². The first-order valence-corrected chi connectivity index (χ1v) is 6.38. The summed E-state index contributed by atoms with van der Waals surface area (Å²) in [6.45, 7) is 11.6. The second kappa shape index (κ2) is 5.17. The van der Waals surface area contributed by atoms with E-state index in [1.54, 1.807) is 0 Å². The Morgan fingerprint density at radius 3 is 2.50 bits per heavy atom. The molecule has 3 heteroatoms. The molecule has 2 atom stereocenters. The molecule has 1 amide bonds. The monoisotopic (exact) mass is 226 g/mol. The van der Waals surface area contributed by atoms with Crippen LogP contribution in [0.5, 0.6) is 0 Å². The van der Waals surface area contributed by atoms with Gasteiger partial charge in [-0.1, -0.05) is 27.7 Å². The third-order valence-corrected chi connectivity index (χ3v) is 3.76. The van der Waals surface area contributed by atoms with Gasteiger partial charge < -0.3 is 10.6 Å². The minimum atomic E-state index is -0.0394. The lowest BCUT2D eigenvalue weighted by atomic mass is 9.77. The maximum atomic E-state index is 12.2. The molecule has 94 valence electrons. The molecule has 2 unspecified atom stereocenters. The molecule has 1 saturated heterocycles. The number of piperidine rings is 1. The third-order valence-electron chi connectivity index (χ3n) is 3.76. The quantitative estimate of drug-likeness (QED) is 0.772. The molecule has 0 spiro atoms. The molecule has 1 rings (SSSR count). The van der Waals surface area contributed by atoms with Crippen molar-refractivity contribution in [3.8, 4) is 0 Å². The highest BCUT2D eigenvalue weighted by Crippen LogP contribution is 2.30. The van der Waals surface area contributed by atoms with E-state index in [1.165, 1.54) is 0 Å². The highest BCUT2D eigenvalue weighted by molar-refractivity contribution is 5.83. The first-order valence-electron chi connectivity index (χ1n) is 6.38. The molecular weight excluding hydrogens is 200 g/mol. The molecule has 0 aromatic carbocycles. The predicted molar refractivity (Wildman–Crippen MR) is 67.2 cm³/mol. The number of amides is 1. The highest BCUT2D eigenvalue weighted by atomic mass is 16.2. The van der Waals surface area contributed by atoms with Gasteiger partial charge >= 0.3 is 0 Å². The molecule has 3 nitrogen and oxygen atoms in total. The van der Waals surface area contributed by atoms with E-state index in [2.05, 4.69) is 45.3 Å². The second-order valence-corrected chi connectivity index (χ2v) is 6.02. The van der Waals surface area contributed by atoms with Crippen LogP contribution in [-0.2, 0) is 4.79 Å². The van der Waals surface area contributed by atoms with Gasteiger partial charge in [0, 0.05) is 6.04 Å². The maximum Gasteiger partial charge on any atom is 0.237 e. The molecule has 0 aliphatic carbocycles. The van der Waals surface area contributed by atoms with Crippen molar-refractivity contribution in [2.24, 2.45) is 11.3 Å². The lowest BCUT2D eigenvalue weighted by Gasteiger charge is -2.39. The molecule has 0 aromatic rings. The molecule has 1 fully saturated rings. The van der Waals surface area contributed by atoms with Gasteiger partial charge in [0.1, 0.15) is 0 Å². The van der Waals surface area contributed by atoms with Crippen LogP contribution in [0.25, 0.3) is 0 Å². The molecule has 0 bridgehead atoms. The number of carbonyl (C=O) groups is 1. The van der Waals surface area contributed by atoms with Crippen LogP contribution in [0.4, 0.5) is 0 Å². The number of carbonyl (C=O) groups excluding carboxylic acids is 1. The highest BCUT2D eigenvalue weighted by Gasteiger charge is 2.37. The van der Waals surface area contributed by atoms with E-state index >= 15 is 0 Å². The first-order chi connectivity index (χ1) is 7.34. The van der Waals surface area contributed by atoms with Gasteiger partial charge in [0.2, 0.25) is 5.91 Å². The zero-order valence-electron chi connectivity index (χ0n) is 11.3. The van der Waals surface area contributed by atoms with E-state index in [4.69, 9.17) is 0 Å². The smallest absolute Gasteiger partial charge is 0.237 e. The molecular formula is C13H26N2O. The van der Waals surface area contributed by atoms with Crippen molar-refractivity contribution >= 4 is 5.91 Å². The summed E-state index contributed by atoms with van der Waals surface area (Å²) in [6, 6.07) is 0.203. The minimum Gasteiger partial charge on any atom is -0.352 e. The fourth-order valence-electron chi connectivity index (χ4n) is 2.13. The van der Waals surface area contributed by atoms with Crippen LogP contribution in [0.3, 0.4) is 0 Å². The van der Waals surface area contributed by atoms with E-state index in [1.807, 2.05) is 0 Å². The molecule has 2 N–H and O–H groups in total. The third kappa shape index (κ3) is 3.21. The van der Waals surface area contributed by atoms with Crippen molar-refractivity contribution in [1.82, 2.24) is 10.6 Å². The fraction of sp³-hybridized carbons (Fsp3) is 0.923. The van der Waals surface area contributed by atoms with Crippen molar-refractivity contribution in [2.45, 2.75) is 59.5 Å². The Bertz CT molecular complexity index is 248. The van der Waals surface area contributed by atoms with E-state index in [-0.39, 0.29) is 23.4 Å². The number of hydrogen-bond donors (Lipinski definition) is 2. The molecule has 1 aliphatic heterocycles. The zero-order chi connectivity index (χ0) is 12.3. The molecule has 1 heterocycles. The standard InChI is InChI=1S/C13H26N2O/c1-9(2)10(3)15-12(16)11-13(4,5)7-6-8-14-11/h9-11,14H,6-8H2,1-5H3,(H,15,16). The van der Waals surface area contributed by atoms with E-state index < -0.39 is 0 Å². The Labute approximate surface area is 99.4 Å². The van der Waals surface area contributed by atoms with Crippen LogP contribution in [0.15, 0.2) is 0 Å². The summed E-state index contributed by atoms with van der Waals surface area (Å²) in [6.07, 6.45) is 2.28. The summed E-state index contributed by atoms with van der Waals surface area (Å²) in [7, 11) is 0. The summed E-state index contributed by atoms with van der Waals surface area (Å²) in [5, 5.41) is 6.44. The summed E-state index contributed by atoms with van der Waals surface area (Å²) in [4.78, 5) is 12.2. The summed E-state index contributed by atoms with van der Waals surface area (Å²) in [5.74, 6) is 0.640. The van der Waals surface area contributed by atoms with Crippen LogP contribution in [0.1, 0.15) is 47.5 Å². The van der Waals surface area contributed by atoms with Gasteiger partial charge in [-0.05, 0) is 37.6 Å². The summed E-state index contributed by atoms with van der Waals surface area (Å²) >= 11 is 0. The van der Waals surface area contributed by atoms with Crippen LogP contribution >= 0.6 is 0 Å². The minimum absolute atomic E-state index is 0.0394. The Balaban J connectivity index is 2.58. The molecule has 16 heavy (non-hydrogen) atoms. The zero-order valence-corrected chi connectivity index (χ0v) is 11.3. The number of rotatable bonds is 3. The SMILES string of the molecule is CC(C)C(C)NC(=O)C1NCCCC1(C)C. The van der Waals surface area contributed by atoms with Crippen LogP contribution < -0.4 is 10.6 Å². The number of hydrogen-bond acceptors (Lipinski definition) is 2. The Hall–Kier alpha value is -0.570.